The molecule has 0 aromatic heterocycles. The molecule has 1 amide bonds. The van der Waals surface area contributed by atoms with Gasteiger partial charge in [0, 0.05) is 38.3 Å². The Morgan fingerprint density at radius 1 is 1.14 bits per heavy atom. The summed E-state index contributed by atoms with van der Waals surface area (Å²) < 4.78 is 27.9. The van der Waals surface area contributed by atoms with Gasteiger partial charge in [0.2, 0.25) is 10.0 Å². The van der Waals surface area contributed by atoms with Crippen LogP contribution in [0.1, 0.15) is 54.9 Å². The number of sulfonamides is 1. The number of piperidine rings is 1. The fourth-order valence-electron chi connectivity index (χ4n) is 4.16. The number of amides is 1. The van der Waals surface area contributed by atoms with E-state index in [-0.39, 0.29) is 16.8 Å². The van der Waals surface area contributed by atoms with Crippen molar-refractivity contribution < 1.29 is 13.2 Å². The van der Waals surface area contributed by atoms with E-state index in [0.717, 1.165) is 44.5 Å². The predicted octanol–water partition coefficient (Wildman–Crippen LogP) is 2.73. The van der Waals surface area contributed by atoms with Crippen LogP contribution in [0.25, 0.3) is 0 Å². The van der Waals surface area contributed by atoms with Gasteiger partial charge in [-0.2, -0.15) is 4.31 Å². The summed E-state index contributed by atoms with van der Waals surface area (Å²) in [7, 11) is -1.78. The van der Waals surface area contributed by atoms with Crippen molar-refractivity contribution in [3.8, 4) is 0 Å². The maximum Gasteiger partial charge on any atom is 0.253 e. The molecule has 1 atom stereocenters. The lowest BCUT2D eigenvalue weighted by molar-refractivity contribution is 0.0781. The van der Waals surface area contributed by atoms with Crippen LogP contribution >= 0.6 is 0 Å². The fraction of sp³-hybridized carbons (Fsp3) is 0.667. The first-order chi connectivity index (χ1) is 13.3. The number of hydrogen-bond donors (Lipinski definition) is 0. The highest BCUT2D eigenvalue weighted by Crippen LogP contribution is 2.26. The zero-order valence-electron chi connectivity index (χ0n) is 17.4. The number of likely N-dealkylation sites (N-methyl/N-ethyl adjacent to an activating group) is 1. The van der Waals surface area contributed by atoms with Gasteiger partial charge in [0.25, 0.3) is 5.91 Å². The lowest BCUT2D eigenvalue weighted by Crippen LogP contribution is -2.42. The predicted molar refractivity (Wildman–Crippen MR) is 111 cm³/mol. The lowest BCUT2D eigenvalue weighted by atomic mass is 10.1. The molecular weight excluding hydrogens is 374 g/mol. The molecule has 3 rings (SSSR count). The molecule has 0 bridgehead atoms. The summed E-state index contributed by atoms with van der Waals surface area (Å²) in [5.41, 5.74) is 1.29. The standard InChI is InChI=1S/C21H33N3O3S/c1-17-9-10-19(28(26,27)24-13-5-4-8-18(24)2)16-20(17)21(25)22(3)14-15-23-11-6-7-12-23/h9-10,16,18H,4-8,11-15H2,1-3H3. The van der Waals surface area contributed by atoms with E-state index >= 15 is 0 Å². The van der Waals surface area contributed by atoms with Crippen LogP contribution in [0.5, 0.6) is 0 Å². The Bertz CT molecular complexity index is 803. The van der Waals surface area contributed by atoms with Crippen LogP contribution in [-0.2, 0) is 10.0 Å². The third kappa shape index (κ3) is 4.58. The largest absolute Gasteiger partial charge is 0.340 e. The first kappa shape index (κ1) is 21.3. The monoisotopic (exact) mass is 407 g/mol. The molecule has 1 aromatic carbocycles. The third-order valence-corrected chi connectivity index (χ3v) is 8.09. The average molecular weight is 408 g/mol. The zero-order chi connectivity index (χ0) is 20.3. The molecule has 1 aromatic rings. The minimum Gasteiger partial charge on any atom is -0.340 e. The first-order valence-electron chi connectivity index (χ1n) is 10.4. The number of rotatable bonds is 6. The molecule has 0 N–H and O–H groups in total. The highest BCUT2D eigenvalue weighted by molar-refractivity contribution is 7.89. The van der Waals surface area contributed by atoms with Gasteiger partial charge in [0.05, 0.1) is 4.90 Å². The van der Waals surface area contributed by atoms with Crippen LogP contribution in [-0.4, -0.2) is 74.2 Å². The normalized spacial score (nSPS) is 21.8. The van der Waals surface area contributed by atoms with Crippen LogP contribution in [0.2, 0.25) is 0 Å². The Balaban J connectivity index is 1.77. The number of benzene rings is 1. The zero-order valence-corrected chi connectivity index (χ0v) is 18.2. The van der Waals surface area contributed by atoms with Crippen molar-refractivity contribution in [2.24, 2.45) is 0 Å². The fourth-order valence-corrected chi connectivity index (χ4v) is 5.89. The van der Waals surface area contributed by atoms with Crippen molar-refractivity contribution in [1.82, 2.24) is 14.1 Å². The lowest BCUT2D eigenvalue weighted by Gasteiger charge is -2.32. The summed E-state index contributed by atoms with van der Waals surface area (Å²) in [6, 6.07) is 4.96. The quantitative estimate of drug-likeness (QED) is 0.727. The second kappa shape index (κ2) is 8.93. The molecule has 7 heteroatoms. The topological polar surface area (TPSA) is 60.9 Å². The molecule has 2 heterocycles. The van der Waals surface area contributed by atoms with Crippen molar-refractivity contribution in [2.75, 3.05) is 39.8 Å². The Morgan fingerprint density at radius 2 is 1.82 bits per heavy atom. The average Bonchev–Trinajstić information content (AvgIpc) is 3.19. The second-order valence-corrected chi connectivity index (χ2v) is 10.1. The molecule has 156 valence electrons. The van der Waals surface area contributed by atoms with Gasteiger partial charge in [-0.1, -0.05) is 12.5 Å². The van der Waals surface area contributed by atoms with Crippen molar-refractivity contribution in [3.05, 3.63) is 29.3 Å². The van der Waals surface area contributed by atoms with Crippen molar-refractivity contribution >= 4 is 15.9 Å². The summed E-state index contributed by atoms with van der Waals surface area (Å²) in [6.07, 6.45) is 5.29. The van der Waals surface area contributed by atoms with Crippen molar-refractivity contribution in [1.29, 1.82) is 0 Å². The molecule has 28 heavy (non-hydrogen) atoms. The van der Waals surface area contributed by atoms with Gasteiger partial charge in [0.1, 0.15) is 0 Å². The molecule has 0 spiro atoms. The van der Waals surface area contributed by atoms with E-state index in [1.807, 2.05) is 13.8 Å². The molecule has 2 aliphatic heterocycles. The van der Waals surface area contributed by atoms with E-state index < -0.39 is 10.0 Å². The highest BCUT2D eigenvalue weighted by atomic mass is 32.2. The van der Waals surface area contributed by atoms with E-state index in [1.165, 1.54) is 12.8 Å². The van der Waals surface area contributed by atoms with Crippen LogP contribution in [0.15, 0.2) is 23.1 Å². The van der Waals surface area contributed by atoms with Gasteiger partial charge < -0.3 is 9.80 Å². The Morgan fingerprint density at radius 3 is 2.50 bits per heavy atom. The van der Waals surface area contributed by atoms with Gasteiger partial charge >= 0.3 is 0 Å². The number of carbonyl (C=O) groups excluding carboxylic acids is 1. The Hall–Kier alpha value is -1.44. The summed E-state index contributed by atoms with van der Waals surface area (Å²) in [5, 5.41) is 0. The molecule has 1 unspecified atom stereocenters. The molecule has 2 saturated heterocycles. The smallest absolute Gasteiger partial charge is 0.253 e. The second-order valence-electron chi connectivity index (χ2n) is 8.21. The SMILES string of the molecule is Cc1ccc(S(=O)(=O)N2CCCCC2C)cc1C(=O)N(C)CCN1CCCC1. The molecule has 2 aliphatic rings. The van der Waals surface area contributed by atoms with Crippen molar-refractivity contribution in [3.63, 3.8) is 0 Å². The maximum atomic E-state index is 13.1. The highest BCUT2D eigenvalue weighted by Gasteiger charge is 2.31. The van der Waals surface area contributed by atoms with E-state index in [0.29, 0.717) is 18.7 Å². The number of carbonyl (C=O) groups is 1. The van der Waals surface area contributed by atoms with Gasteiger partial charge in [0.15, 0.2) is 0 Å². The van der Waals surface area contributed by atoms with Gasteiger partial charge in [-0.05, 0) is 70.3 Å². The Labute approximate surface area is 169 Å². The molecule has 0 radical (unpaired) electrons. The Kier molecular flexibility index (Phi) is 6.78. The van der Waals surface area contributed by atoms with Crippen molar-refractivity contribution in [2.45, 2.75) is 56.9 Å². The molecule has 0 saturated carbocycles. The maximum absolute atomic E-state index is 13.1. The number of nitrogens with zero attached hydrogens (tertiary/aromatic N) is 3. The van der Waals surface area contributed by atoms with E-state index in [4.69, 9.17) is 0 Å². The van der Waals surface area contributed by atoms with Gasteiger partial charge in [-0.15, -0.1) is 0 Å². The van der Waals surface area contributed by atoms with Gasteiger partial charge in [-0.25, -0.2) is 8.42 Å². The summed E-state index contributed by atoms with van der Waals surface area (Å²) in [4.78, 5) is 17.3. The number of aryl methyl sites for hydroxylation is 1. The molecule has 6 nitrogen and oxygen atoms in total. The third-order valence-electron chi connectivity index (χ3n) is 6.09. The summed E-state index contributed by atoms with van der Waals surface area (Å²) >= 11 is 0. The number of likely N-dealkylation sites (tertiary alicyclic amines) is 1. The minimum absolute atomic E-state index is 0.00217. The molecular formula is C21H33N3O3S. The van der Waals surface area contributed by atoms with Crippen LogP contribution in [0.4, 0.5) is 0 Å². The van der Waals surface area contributed by atoms with Crippen LogP contribution in [0, 0.1) is 6.92 Å². The van der Waals surface area contributed by atoms with E-state index in [2.05, 4.69) is 4.90 Å². The van der Waals surface area contributed by atoms with E-state index in [9.17, 15) is 13.2 Å². The van der Waals surface area contributed by atoms with Crippen LogP contribution in [0.3, 0.4) is 0 Å². The van der Waals surface area contributed by atoms with Gasteiger partial charge in [-0.3, -0.25) is 4.79 Å². The van der Waals surface area contributed by atoms with Crippen LogP contribution < -0.4 is 0 Å². The summed E-state index contributed by atoms with van der Waals surface area (Å²) in [5.74, 6) is -0.111. The summed E-state index contributed by atoms with van der Waals surface area (Å²) in [6.45, 7) is 8.09. The molecule has 2 fully saturated rings. The van der Waals surface area contributed by atoms with E-state index in [1.54, 1.807) is 34.5 Å². The minimum atomic E-state index is -3.58. The number of hydrogen-bond acceptors (Lipinski definition) is 4. The molecule has 0 aliphatic carbocycles. The first-order valence-corrected chi connectivity index (χ1v) is 11.8.